The number of hydrogen-bond acceptors (Lipinski definition) is 4. The first-order valence-electron chi connectivity index (χ1n) is 5.38. The molecule has 1 heterocycles. The maximum absolute atomic E-state index is 11.6. The van der Waals surface area contributed by atoms with Crippen LogP contribution in [0.15, 0.2) is 40.6 Å². The van der Waals surface area contributed by atoms with Gasteiger partial charge in [-0.3, -0.25) is 4.79 Å². The van der Waals surface area contributed by atoms with E-state index in [1.165, 1.54) is 11.8 Å². The zero-order valence-electron chi connectivity index (χ0n) is 10.2. The van der Waals surface area contributed by atoms with Crippen LogP contribution < -0.4 is 11.1 Å². The Bertz CT molecular complexity index is 579. The normalized spacial score (nSPS) is 10.3. The van der Waals surface area contributed by atoms with Crippen molar-refractivity contribution in [3.8, 4) is 0 Å². The van der Waals surface area contributed by atoms with Gasteiger partial charge in [-0.05, 0) is 30.0 Å². The van der Waals surface area contributed by atoms with Crippen molar-refractivity contribution in [1.29, 1.82) is 0 Å². The lowest BCUT2D eigenvalue weighted by atomic mass is 10.2. The maximum atomic E-state index is 11.6. The lowest BCUT2D eigenvalue weighted by molar-refractivity contribution is 0.0963. The van der Waals surface area contributed by atoms with Crippen molar-refractivity contribution < 1.29 is 4.79 Å². The third-order valence-electron chi connectivity index (χ3n) is 2.48. The molecule has 3 N–H and O–H groups in total. The molecular formula is C12H14N4OS. The number of nitrogens with two attached hydrogens (primary N) is 1. The van der Waals surface area contributed by atoms with E-state index in [2.05, 4.69) is 10.3 Å². The van der Waals surface area contributed by atoms with E-state index in [1.54, 1.807) is 31.4 Å². The molecule has 94 valence electrons. The number of benzene rings is 1. The molecule has 18 heavy (non-hydrogen) atoms. The first kappa shape index (κ1) is 12.5. The molecule has 2 aromatic rings. The molecule has 0 saturated heterocycles. The minimum Gasteiger partial charge on any atom is -0.398 e. The third-order valence-corrected chi connectivity index (χ3v) is 3.63. The second-order valence-corrected chi connectivity index (χ2v) is 4.76. The fourth-order valence-corrected chi connectivity index (χ4v) is 2.34. The molecule has 0 radical (unpaired) electrons. The zero-order valence-corrected chi connectivity index (χ0v) is 11.0. The Labute approximate surface area is 109 Å². The van der Waals surface area contributed by atoms with Gasteiger partial charge in [0.1, 0.15) is 0 Å². The summed E-state index contributed by atoms with van der Waals surface area (Å²) in [6.45, 7) is 0. The number of rotatable bonds is 3. The Balaban J connectivity index is 2.32. The van der Waals surface area contributed by atoms with Gasteiger partial charge in [-0.2, -0.15) is 0 Å². The molecule has 1 aromatic carbocycles. The molecule has 0 bridgehead atoms. The minimum absolute atomic E-state index is 0.128. The van der Waals surface area contributed by atoms with Gasteiger partial charge in [0.25, 0.3) is 5.91 Å². The summed E-state index contributed by atoms with van der Waals surface area (Å²) in [5, 5.41) is 3.42. The molecule has 6 heteroatoms. The van der Waals surface area contributed by atoms with Gasteiger partial charge in [-0.25, -0.2) is 4.98 Å². The second-order valence-electron chi connectivity index (χ2n) is 3.75. The van der Waals surface area contributed by atoms with Crippen LogP contribution in [0.1, 0.15) is 10.4 Å². The van der Waals surface area contributed by atoms with Gasteiger partial charge in [0.15, 0.2) is 5.16 Å². The Kier molecular flexibility index (Phi) is 3.57. The molecule has 0 fully saturated rings. The smallest absolute Gasteiger partial charge is 0.251 e. The lowest BCUT2D eigenvalue weighted by Crippen LogP contribution is -2.17. The molecule has 2 rings (SSSR count). The van der Waals surface area contributed by atoms with Crippen molar-refractivity contribution in [3.63, 3.8) is 0 Å². The molecule has 0 aliphatic heterocycles. The largest absolute Gasteiger partial charge is 0.398 e. The Morgan fingerprint density at radius 1 is 1.50 bits per heavy atom. The monoisotopic (exact) mass is 262 g/mol. The van der Waals surface area contributed by atoms with E-state index in [4.69, 9.17) is 5.73 Å². The summed E-state index contributed by atoms with van der Waals surface area (Å²) in [6, 6.07) is 5.21. The van der Waals surface area contributed by atoms with Crippen LogP contribution in [0.4, 0.5) is 5.69 Å². The highest BCUT2D eigenvalue weighted by Gasteiger charge is 2.10. The first-order chi connectivity index (χ1) is 8.61. The third kappa shape index (κ3) is 2.48. The van der Waals surface area contributed by atoms with Crippen LogP contribution in [0.5, 0.6) is 0 Å². The van der Waals surface area contributed by atoms with Crippen LogP contribution in [-0.2, 0) is 7.05 Å². The molecule has 0 aliphatic rings. The van der Waals surface area contributed by atoms with Crippen LogP contribution in [0.25, 0.3) is 0 Å². The van der Waals surface area contributed by atoms with Gasteiger partial charge in [0, 0.05) is 42.6 Å². The van der Waals surface area contributed by atoms with Crippen molar-refractivity contribution >= 4 is 23.4 Å². The summed E-state index contributed by atoms with van der Waals surface area (Å²) >= 11 is 1.44. The number of amides is 1. The number of imidazole rings is 1. The maximum Gasteiger partial charge on any atom is 0.251 e. The predicted molar refractivity (Wildman–Crippen MR) is 71.6 cm³/mol. The average molecular weight is 262 g/mol. The topological polar surface area (TPSA) is 72.9 Å². The Morgan fingerprint density at radius 3 is 2.89 bits per heavy atom. The van der Waals surface area contributed by atoms with E-state index < -0.39 is 0 Å². The van der Waals surface area contributed by atoms with Crippen molar-refractivity contribution in [1.82, 2.24) is 14.9 Å². The average Bonchev–Trinajstić information content (AvgIpc) is 2.77. The number of hydrogen-bond donors (Lipinski definition) is 2. The fourth-order valence-electron chi connectivity index (χ4n) is 1.46. The number of nitrogens with one attached hydrogen (secondary N) is 1. The standard InChI is InChI=1S/C12H14N4OS/c1-14-11(17)8-3-4-9(13)10(7-8)18-12-15-5-6-16(12)2/h3-7H,13H2,1-2H3,(H,14,17). The summed E-state index contributed by atoms with van der Waals surface area (Å²) < 4.78 is 1.90. The van der Waals surface area contributed by atoms with Gasteiger partial charge < -0.3 is 15.6 Å². The molecule has 0 aliphatic carbocycles. The summed E-state index contributed by atoms with van der Waals surface area (Å²) in [6.07, 6.45) is 3.59. The first-order valence-corrected chi connectivity index (χ1v) is 6.20. The summed E-state index contributed by atoms with van der Waals surface area (Å²) in [7, 11) is 3.51. The van der Waals surface area contributed by atoms with Crippen molar-refractivity contribution in [3.05, 3.63) is 36.2 Å². The number of aryl methyl sites for hydroxylation is 1. The lowest BCUT2D eigenvalue weighted by Gasteiger charge is -2.07. The van der Waals surface area contributed by atoms with Crippen molar-refractivity contribution in [2.75, 3.05) is 12.8 Å². The molecule has 5 nitrogen and oxygen atoms in total. The molecule has 1 aromatic heterocycles. The van der Waals surface area contributed by atoms with Crippen LogP contribution in [0.3, 0.4) is 0 Å². The Hall–Kier alpha value is -1.95. The van der Waals surface area contributed by atoms with Crippen LogP contribution in [0, 0.1) is 0 Å². The van der Waals surface area contributed by atoms with Gasteiger partial charge in [0.05, 0.1) is 0 Å². The molecular weight excluding hydrogens is 248 g/mol. The van der Waals surface area contributed by atoms with Gasteiger partial charge in [-0.1, -0.05) is 0 Å². The number of carbonyl (C=O) groups is 1. The van der Waals surface area contributed by atoms with E-state index in [1.807, 2.05) is 17.8 Å². The SMILES string of the molecule is CNC(=O)c1ccc(N)c(Sc2nccn2C)c1. The molecule has 1 amide bonds. The van der Waals surface area contributed by atoms with Crippen LogP contribution in [0.2, 0.25) is 0 Å². The highest BCUT2D eigenvalue weighted by Crippen LogP contribution is 2.31. The van der Waals surface area contributed by atoms with E-state index >= 15 is 0 Å². The number of nitrogens with zero attached hydrogens (tertiary/aromatic N) is 2. The second kappa shape index (κ2) is 5.14. The number of aromatic nitrogens is 2. The highest BCUT2D eigenvalue weighted by molar-refractivity contribution is 7.99. The minimum atomic E-state index is -0.128. The van der Waals surface area contributed by atoms with E-state index in [0.717, 1.165) is 10.1 Å². The number of nitrogen functional groups attached to an aromatic ring is 1. The van der Waals surface area contributed by atoms with Crippen molar-refractivity contribution in [2.24, 2.45) is 7.05 Å². The fraction of sp³-hybridized carbons (Fsp3) is 0.167. The summed E-state index contributed by atoms with van der Waals surface area (Å²) in [5.41, 5.74) is 7.13. The predicted octanol–water partition coefficient (Wildman–Crippen LogP) is 1.51. The number of anilines is 1. The quantitative estimate of drug-likeness (QED) is 0.822. The molecule has 0 atom stereocenters. The van der Waals surface area contributed by atoms with Gasteiger partial charge >= 0.3 is 0 Å². The highest BCUT2D eigenvalue weighted by atomic mass is 32.2. The Morgan fingerprint density at radius 2 is 2.28 bits per heavy atom. The molecule has 0 spiro atoms. The van der Waals surface area contributed by atoms with Gasteiger partial charge in [0.2, 0.25) is 0 Å². The summed E-state index contributed by atoms with van der Waals surface area (Å²) in [5.74, 6) is -0.128. The van der Waals surface area contributed by atoms with E-state index in [9.17, 15) is 4.79 Å². The van der Waals surface area contributed by atoms with Crippen molar-refractivity contribution in [2.45, 2.75) is 10.1 Å². The molecule has 0 unspecified atom stereocenters. The van der Waals surface area contributed by atoms with E-state index in [0.29, 0.717) is 11.3 Å². The zero-order chi connectivity index (χ0) is 13.1. The van der Waals surface area contributed by atoms with Crippen LogP contribution >= 0.6 is 11.8 Å². The van der Waals surface area contributed by atoms with Crippen LogP contribution in [-0.4, -0.2) is 22.5 Å². The number of carbonyl (C=O) groups excluding carboxylic acids is 1. The summed E-state index contributed by atoms with van der Waals surface area (Å²) in [4.78, 5) is 16.6. The molecule has 0 saturated carbocycles. The van der Waals surface area contributed by atoms with Gasteiger partial charge in [-0.15, -0.1) is 0 Å². The van der Waals surface area contributed by atoms with E-state index in [-0.39, 0.29) is 5.91 Å².